The van der Waals surface area contributed by atoms with Crippen LogP contribution in [0.5, 0.6) is 0 Å². The Balaban J connectivity index is 2.16. The molecule has 2 amide bonds. The van der Waals surface area contributed by atoms with Crippen LogP contribution in [0.1, 0.15) is 36.2 Å². The minimum absolute atomic E-state index is 0.0497. The molecule has 0 bridgehead atoms. The van der Waals surface area contributed by atoms with Gasteiger partial charge in [0, 0.05) is 29.1 Å². The predicted molar refractivity (Wildman–Crippen MR) is 107 cm³/mol. The van der Waals surface area contributed by atoms with Crippen LogP contribution in [0.3, 0.4) is 0 Å². The Labute approximate surface area is 159 Å². The van der Waals surface area contributed by atoms with E-state index < -0.39 is 15.7 Å². The second-order valence-corrected chi connectivity index (χ2v) is 8.60. The van der Waals surface area contributed by atoms with Gasteiger partial charge in [0.05, 0.1) is 4.90 Å². The summed E-state index contributed by atoms with van der Waals surface area (Å²) in [5.41, 5.74) is 2.29. The molecule has 1 atom stereocenters. The van der Waals surface area contributed by atoms with E-state index in [1.165, 1.54) is 18.2 Å². The quantitative estimate of drug-likeness (QED) is 0.790. The number of carbonyl (C=O) groups excluding carboxylic acids is 2. The summed E-state index contributed by atoms with van der Waals surface area (Å²) in [6.45, 7) is 5.63. The Morgan fingerprint density at radius 2 is 1.78 bits per heavy atom. The molecular formula is C20H24N2O4S. The molecule has 2 aromatic carbocycles. The fourth-order valence-electron chi connectivity index (χ4n) is 2.39. The SMILES string of the molecule is CC[C@@H](C)C(=O)Nc1ccc(NC(=O)c2cccc(S(C)(=O)=O)c2)c(C)c1. The van der Waals surface area contributed by atoms with Gasteiger partial charge in [-0.2, -0.15) is 0 Å². The van der Waals surface area contributed by atoms with Crippen LogP contribution in [0.2, 0.25) is 0 Å². The van der Waals surface area contributed by atoms with Crippen molar-refractivity contribution in [3.8, 4) is 0 Å². The summed E-state index contributed by atoms with van der Waals surface area (Å²) in [6, 6.07) is 11.1. The summed E-state index contributed by atoms with van der Waals surface area (Å²) in [4.78, 5) is 24.5. The van der Waals surface area contributed by atoms with Gasteiger partial charge in [-0.1, -0.05) is 19.9 Å². The van der Waals surface area contributed by atoms with E-state index in [0.29, 0.717) is 11.4 Å². The summed E-state index contributed by atoms with van der Waals surface area (Å²) in [7, 11) is -3.39. The van der Waals surface area contributed by atoms with E-state index in [4.69, 9.17) is 0 Å². The summed E-state index contributed by atoms with van der Waals surface area (Å²) < 4.78 is 23.3. The van der Waals surface area contributed by atoms with E-state index in [1.807, 2.05) is 20.8 Å². The van der Waals surface area contributed by atoms with Crippen molar-refractivity contribution in [1.29, 1.82) is 0 Å². The van der Waals surface area contributed by atoms with Crippen molar-refractivity contribution in [2.75, 3.05) is 16.9 Å². The summed E-state index contributed by atoms with van der Waals surface area (Å²) in [6.07, 6.45) is 1.85. The van der Waals surface area contributed by atoms with E-state index in [2.05, 4.69) is 10.6 Å². The minimum Gasteiger partial charge on any atom is -0.326 e. The Morgan fingerprint density at radius 3 is 2.37 bits per heavy atom. The van der Waals surface area contributed by atoms with Crippen LogP contribution in [-0.4, -0.2) is 26.5 Å². The van der Waals surface area contributed by atoms with Crippen LogP contribution in [0.25, 0.3) is 0 Å². The van der Waals surface area contributed by atoms with Crippen molar-refractivity contribution >= 4 is 33.0 Å². The maximum Gasteiger partial charge on any atom is 0.255 e. The lowest BCUT2D eigenvalue weighted by Gasteiger charge is -2.13. The fourth-order valence-corrected chi connectivity index (χ4v) is 3.06. The van der Waals surface area contributed by atoms with Gasteiger partial charge >= 0.3 is 0 Å². The molecule has 0 aromatic heterocycles. The number of sulfone groups is 1. The first-order valence-corrected chi connectivity index (χ1v) is 10.5. The Morgan fingerprint density at radius 1 is 1.07 bits per heavy atom. The second-order valence-electron chi connectivity index (χ2n) is 6.58. The summed E-state index contributed by atoms with van der Waals surface area (Å²) in [5, 5.41) is 5.62. The van der Waals surface area contributed by atoms with E-state index in [-0.39, 0.29) is 22.3 Å². The number of rotatable bonds is 6. The average Bonchev–Trinajstić information content (AvgIpc) is 2.62. The molecule has 0 fully saturated rings. The van der Waals surface area contributed by atoms with Crippen molar-refractivity contribution in [2.24, 2.45) is 5.92 Å². The molecule has 0 saturated heterocycles. The number of hydrogen-bond acceptors (Lipinski definition) is 4. The van der Waals surface area contributed by atoms with Crippen LogP contribution in [0.15, 0.2) is 47.4 Å². The number of anilines is 2. The van der Waals surface area contributed by atoms with Gasteiger partial charge < -0.3 is 10.6 Å². The van der Waals surface area contributed by atoms with Crippen LogP contribution >= 0.6 is 0 Å². The molecule has 0 radical (unpaired) electrons. The molecule has 144 valence electrons. The van der Waals surface area contributed by atoms with E-state index in [0.717, 1.165) is 18.2 Å². The standard InChI is InChI=1S/C20H24N2O4S/c1-5-13(2)19(23)21-16-9-10-18(14(3)11-16)22-20(24)15-7-6-8-17(12-15)27(4,25)26/h6-13H,5H2,1-4H3,(H,21,23)(H,22,24)/t13-/m1/s1. The van der Waals surface area contributed by atoms with Crippen LogP contribution in [0.4, 0.5) is 11.4 Å². The molecule has 7 heteroatoms. The molecule has 2 N–H and O–H groups in total. The Hall–Kier alpha value is -2.67. The maximum atomic E-state index is 12.5. The molecule has 0 saturated carbocycles. The zero-order valence-electron chi connectivity index (χ0n) is 15.9. The molecule has 6 nitrogen and oxygen atoms in total. The summed E-state index contributed by atoms with van der Waals surface area (Å²) in [5.74, 6) is -0.530. The number of carbonyl (C=O) groups is 2. The molecule has 0 aliphatic carbocycles. The lowest BCUT2D eigenvalue weighted by molar-refractivity contribution is -0.119. The van der Waals surface area contributed by atoms with Gasteiger partial charge in [-0.25, -0.2) is 8.42 Å². The third-order valence-electron chi connectivity index (χ3n) is 4.33. The van der Waals surface area contributed by atoms with Crippen LogP contribution in [-0.2, 0) is 14.6 Å². The van der Waals surface area contributed by atoms with E-state index in [9.17, 15) is 18.0 Å². The van der Waals surface area contributed by atoms with Crippen LogP contribution in [0, 0.1) is 12.8 Å². The number of benzene rings is 2. The van der Waals surface area contributed by atoms with Gasteiger partial charge in [-0.3, -0.25) is 9.59 Å². The number of amides is 2. The monoisotopic (exact) mass is 388 g/mol. The molecule has 27 heavy (non-hydrogen) atoms. The van der Waals surface area contributed by atoms with Gasteiger partial charge in [0.2, 0.25) is 5.91 Å². The largest absolute Gasteiger partial charge is 0.326 e. The first-order valence-electron chi connectivity index (χ1n) is 8.64. The zero-order valence-corrected chi connectivity index (χ0v) is 16.7. The van der Waals surface area contributed by atoms with Gasteiger partial charge in [0.25, 0.3) is 5.91 Å². The molecule has 0 heterocycles. The lowest BCUT2D eigenvalue weighted by atomic mass is 10.1. The number of aryl methyl sites for hydroxylation is 1. The summed E-state index contributed by atoms with van der Waals surface area (Å²) >= 11 is 0. The second kappa shape index (κ2) is 8.35. The van der Waals surface area contributed by atoms with E-state index >= 15 is 0 Å². The Kier molecular flexibility index (Phi) is 6.38. The smallest absolute Gasteiger partial charge is 0.255 e. The third-order valence-corrected chi connectivity index (χ3v) is 5.44. The van der Waals surface area contributed by atoms with Gasteiger partial charge in [-0.05, 0) is 55.3 Å². The highest BCUT2D eigenvalue weighted by Gasteiger charge is 2.14. The van der Waals surface area contributed by atoms with Crippen LogP contribution < -0.4 is 10.6 Å². The highest BCUT2D eigenvalue weighted by atomic mass is 32.2. The molecular weight excluding hydrogens is 364 g/mol. The molecule has 2 aromatic rings. The third kappa shape index (κ3) is 5.40. The molecule has 2 rings (SSSR count). The first-order chi connectivity index (χ1) is 12.6. The maximum absolute atomic E-state index is 12.5. The van der Waals surface area contributed by atoms with Crippen molar-refractivity contribution < 1.29 is 18.0 Å². The molecule has 0 aliphatic heterocycles. The Bertz CT molecular complexity index is 968. The lowest BCUT2D eigenvalue weighted by Crippen LogP contribution is -2.19. The van der Waals surface area contributed by atoms with Crippen molar-refractivity contribution in [2.45, 2.75) is 32.1 Å². The van der Waals surface area contributed by atoms with E-state index in [1.54, 1.807) is 24.3 Å². The normalized spacial score (nSPS) is 12.3. The highest BCUT2D eigenvalue weighted by molar-refractivity contribution is 7.90. The topological polar surface area (TPSA) is 92.3 Å². The zero-order chi connectivity index (χ0) is 20.2. The molecule has 0 spiro atoms. The van der Waals surface area contributed by atoms with Gasteiger partial charge in [0.15, 0.2) is 9.84 Å². The van der Waals surface area contributed by atoms with Crippen molar-refractivity contribution in [1.82, 2.24) is 0 Å². The van der Waals surface area contributed by atoms with Gasteiger partial charge in [-0.15, -0.1) is 0 Å². The highest BCUT2D eigenvalue weighted by Crippen LogP contribution is 2.22. The number of hydrogen-bond donors (Lipinski definition) is 2. The molecule has 0 unspecified atom stereocenters. The predicted octanol–water partition coefficient (Wildman–Crippen LogP) is 3.64. The molecule has 0 aliphatic rings. The fraction of sp³-hybridized carbons (Fsp3) is 0.300. The first kappa shape index (κ1) is 20.6. The average molecular weight is 388 g/mol. The van der Waals surface area contributed by atoms with Crippen molar-refractivity contribution in [3.63, 3.8) is 0 Å². The van der Waals surface area contributed by atoms with Gasteiger partial charge in [0.1, 0.15) is 0 Å². The number of nitrogens with one attached hydrogen (secondary N) is 2. The minimum atomic E-state index is -3.39. The van der Waals surface area contributed by atoms with Crippen molar-refractivity contribution in [3.05, 3.63) is 53.6 Å².